The number of piperidine rings is 1. The first-order chi connectivity index (χ1) is 14.0. The Labute approximate surface area is 169 Å². The van der Waals surface area contributed by atoms with E-state index < -0.39 is 11.4 Å². The number of carboxylic acids is 1. The van der Waals surface area contributed by atoms with Crippen molar-refractivity contribution < 1.29 is 24.4 Å². The minimum Gasteiger partial charge on any atom is -0.480 e. The Morgan fingerprint density at radius 3 is 3.10 bits per heavy atom. The number of aromatic amines is 1. The van der Waals surface area contributed by atoms with Crippen LogP contribution in [0.15, 0.2) is 28.4 Å². The normalized spacial score (nSPS) is 40.0. The molecule has 6 atom stereocenters. The molecule has 148 valence electrons. The van der Waals surface area contributed by atoms with Crippen LogP contribution in [0.5, 0.6) is 0 Å². The number of hydrogen-bond donors (Lipinski definition) is 5. The van der Waals surface area contributed by atoms with Gasteiger partial charge in [-0.1, -0.05) is 0 Å². The minimum absolute atomic E-state index is 0.00277. The number of carbonyl (C=O) groups is 3. The van der Waals surface area contributed by atoms with Crippen LogP contribution in [0.1, 0.15) is 34.1 Å². The van der Waals surface area contributed by atoms with Gasteiger partial charge in [0.25, 0.3) is 0 Å². The van der Waals surface area contributed by atoms with Gasteiger partial charge in [0.15, 0.2) is 6.04 Å². The smallest absolute Gasteiger partial charge is 0.317 e. The molecule has 0 radical (unpaired) electrons. The van der Waals surface area contributed by atoms with E-state index in [0.29, 0.717) is 11.4 Å². The van der Waals surface area contributed by atoms with E-state index in [9.17, 15) is 19.5 Å². The molecule has 7 rings (SSSR count). The molecule has 3 bridgehead atoms. The van der Waals surface area contributed by atoms with Gasteiger partial charge in [0, 0.05) is 28.7 Å². The second kappa shape index (κ2) is 5.03. The van der Waals surface area contributed by atoms with Gasteiger partial charge in [0.2, 0.25) is 11.6 Å². The number of hydrogen-bond acceptors (Lipinski definition) is 6. The zero-order valence-electron chi connectivity index (χ0n) is 15.4. The van der Waals surface area contributed by atoms with Crippen LogP contribution >= 0.6 is 11.8 Å². The molecule has 2 fully saturated rings. The van der Waals surface area contributed by atoms with Crippen LogP contribution in [0.25, 0.3) is 0 Å². The second-order valence-corrected chi connectivity index (χ2v) is 10.0. The van der Waals surface area contributed by atoms with Crippen LogP contribution < -0.4 is 15.5 Å². The standard InChI is InChI=1S/C20H18N4O4S/c25-8-3-9-20-4-10(29-9)23-15-13(20)17-12-7(5-21-14(12)18(15)28)1-2-24(17)16(8)19(20)22-6-11(26)27/h3,5,10,16-17,19,21-23H,1-2,4,6H2,(H,26,27)/p+1/t10-,16+,17?,19-,20+/m0/s1. The van der Waals surface area contributed by atoms with Crippen LogP contribution in [0.2, 0.25) is 0 Å². The van der Waals surface area contributed by atoms with Crippen LogP contribution in [0.4, 0.5) is 0 Å². The van der Waals surface area contributed by atoms with Crippen molar-refractivity contribution in [2.24, 2.45) is 5.41 Å². The predicted molar refractivity (Wildman–Crippen MR) is 102 cm³/mol. The number of rotatable bonds is 3. The highest BCUT2D eigenvalue weighted by Crippen LogP contribution is 2.65. The molecule has 9 heteroatoms. The van der Waals surface area contributed by atoms with Crippen LogP contribution in [-0.4, -0.2) is 58.2 Å². The third kappa shape index (κ3) is 1.71. The van der Waals surface area contributed by atoms with Crippen molar-refractivity contribution in [2.75, 3.05) is 13.1 Å². The number of quaternary nitrogens is 1. The molecule has 4 aliphatic heterocycles. The van der Waals surface area contributed by atoms with Crippen molar-refractivity contribution in [1.29, 1.82) is 0 Å². The maximum absolute atomic E-state index is 13.4. The molecule has 5 N–H and O–H groups in total. The number of thioether (sulfide) groups is 1. The Balaban J connectivity index is 1.54. The third-order valence-electron chi connectivity index (χ3n) is 7.68. The number of ketones is 2. The Bertz CT molecular complexity index is 1120. The molecule has 0 saturated carbocycles. The number of aromatic nitrogens is 1. The average Bonchev–Trinajstić information content (AvgIpc) is 3.23. The summed E-state index contributed by atoms with van der Waals surface area (Å²) < 4.78 is 0. The summed E-state index contributed by atoms with van der Waals surface area (Å²) in [5.41, 5.74) is 4.15. The van der Waals surface area contributed by atoms with Gasteiger partial charge in [0.1, 0.15) is 6.04 Å². The lowest BCUT2D eigenvalue weighted by atomic mass is 9.55. The lowest BCUT2D eigenvalue weighted by Crippen LogP contribution is -3.22. The molecule has 2 aliphatic carbocycles. The van der Waals surface area contributed by atoms with Crippen molar-refractivity contribution in [2.45, 2.75) is 36.3 Å². The zero-order valence-corrected chi connectivity index (χ0v) is 16.2. The molecular weight excluding hydrogens is 392 g/mol. The van der Waals surface area contributed by atoms with E-state index in [4.69, 9.17) is 0 Å². The Morgan fingerprint density at radius 1 is 1.41 bits per heavy atom. The number of fused-ring (bicyclic) bond motifs is 3. The van der Waals surface area contributed by atoms with Gasteiger partial charge in [-0.15, -0.1) is 11.8 Å². The van der Waals surface area contributed by atoms with Gasteiger partial charge in [-0.05, 0) is 18.1 Å². The number of aliphatic carboxylic acids is 1. The Kier molecular flexibility index (Phi) is 2.85. The SMILES string of the molecule is O=C(O)CN[C@H]1[C@H]2C(=O)C=C3S[C@H]4C[C@]31C1=C(N4)C(=O)c3[nH]cc4c3C1[NH+]2CC4. The molecule has 0 aromatic carbocycles. The molecule has 2 saturated heterocycles. The molecule has 0 amide bonds. The third-order valence-corrected chi connectivity index (χ3v) is 8.98. The van der Waals surface area contributed by atoms with Gasteiger partial charge in [-0.2, -0.15) is 0 Å². The monoisotopic (exact) mass is 411 g/mol. The molecule has 1 spiro atoms. The summed E-state index contributed by atoms with van der Waals surface area (Å²) in [6.45, 7) is 0.596. The number of carbonyl (C=O) groups excluding carboxylic acids is 2. The number of allylic oxidation sites excluding steroid dienone is 1. The van der Waals surface area contributed by atoms with E-state index in [-0.39, 0.29) is 41.6 Å². The second-order valence-electron chi connectivity index (χ2n) is 8.80. The molecule has 2 unspecified atom stereocenters. The average molecular weight is 411 g/mol. The van der Waals surface area contributed by atoms with Crippen molar-refractivity contribution >= 4 is 29.3 Å². The highest BCUT2D eigenvalue weighted by molar-refractivity contribution is 8.04. The first kappa shape index (κ1) is 16.4. The van der Waals surface area contributed by atoms with E-state index in [1.54, 1.807) is 17.8 Å². The van der Waals surface area contributed by atoms with Gasteiger partial charge in [0.05, 0.1) is 41.3 Å². The Hall–Kier alpha value is -2.36. The lowest BCUT2D eigenvalue weighted by Gasteiger charge is -2.58. The summed E-state index contributed by atoms with van der Waals surface area (Å²) in [6.07, 6.45) is 5.31. The molecule has 29 heavy (non-hydrogen) atoms. The number of nitrogens with one attached hydrogen (secondary N) is 4. The quantitative estimate of drug-likeness (QED) is 0.428. The largest absolute Gasteiger partial charge is 0.480 e. The minimum atomic E-state index is -0.935. The van der Waals surface area contributed by atoms with Crippen LogP contribution in [0.3, 0.4) is 0 Å². The topological polar surface area (TPSA) is 116 Å². The van der Waals surface area contributed by atoms with Gasteiger partial charge in [-0.25, -0.2) is 0 Å². The molecule has 1 aromatic heterocycles. The van der Waals surface area contributed by atoms with Crippen molar-refractivity contribution in [3.63, 3.8) is 0 Å². The van der Waals surface area contributed by atoms with Crippen LogP contribution in [-0.2, 0) is 16.0 Å². The van der Waals surface area contributed by atoms with Crippen molar-refractivity contribution in [1.82, 2.24) is 15.6 Å². The molecular formula is C20H19N4O4S+. The zero-order chi connectivity index (χ0) is 19.7. The first-order valence-corrected chi connectivity index (χ1v) is 10.9. The van der Waals surface area contributed by atoms with E-state index in [1.807, 2.05) is 6.20 Å². The van der Waals surface area contributed by atoms with E-state index in [0.717, 1.165) is 40.3 Å². The fraction of sp³-hybridized carbons (Fsp3) is 0.450. The molecule has 5 heterocycles. The summed E-state index contributed by atoms with van der Waals surface area (Å²) >= 11 is 1.62. The number of Topliss-reactive ketones (excluding diaryl/α,β-unsaturated/α-hetero) is 1. The summed E-state index contributed by atoms with van der Waals surface area (Å²) in [4.78, 5) is 43.4. The van der Waals surface area contributed by atoms with Crippen molar-refractivity contribution in [3.8, 4) is 0 Å². The maximum Gasteiger partial charge on any atom is 0.317 e. The fourth-order valence-electron chi connectivity index (χ4n) is 6.83. The summed E-state index contributed by atoms with van der Waals surface area (Å²) in [6, 6.07) is -0.674. The predicted octanol–water partition coefficient (Wildman–Crippen LogP) is -1.11. The highest BCUT2D eigenvalue weighted by atomic mass is 32.2. The summed E-state index contributed by atoms with van der Waals surface area (Å²) in [7, 11) is 0. The molecule has 1 aromatic rings. The summed E-state index contributed by atoms with van der Waals surface area (Å²) in [5, 5.41) is 16.0. The summed E-state index contributed by atoms with van der Waals surface area (Å²) in [5.74, 6) is -0.867. The number of carboxylic acid groups (broad SMARTS) is 1. The van der Waals surface area contributed by atoms with E-state index in [2.05, 4.69) is 15.6 Å². The van der Waals surface area contributed by atoms with E-state index >= 15 is 0 Å². The van der Waals surface area contributed by atoms with Crippen molar-refractivity contribution in [3.05, 3.63) is 45.3 Å². The number of H-pyrrole nitrogens is 1. The van der Waals surface area contributed by atoms with Gasteiger partial charge < -0.3 is 20.3 Å². The lowest BCUT2D eigenvalue weighted by molar-refractivity contribution is -0.950. The van der Waals surface area contributed by atoms with E-state index in [1.165, 1.54) is 5.56 Å². The maximum atomic E-state index is 13.4. The fourth-order valence-corrected chi connectivity index (χ4v) is 8.37. The van der Waals surface area contributed by atoms with Gasteiger partial charge >= 0.3 is 5.97 Å². The first-order valence-electron chi connectivity index (χ1n) is 10.00. The Morgan fingerprint density at radius 2 is 2.28 bits per heavy atom. The highest BCUT2D eigenvalue weighted by Gasteiger charge is 2.71. The van der Waals surface area contributed by atoms with Gasteiger partial charge in [-0.3, -0.25) is 19.7 Å². The molecule has 8 nitrogen and oxygen atoms in total. The molecule has 6 aliphatic rings. The van der Waals surface area contributed by atoms with Crippen LogP contribution in [0, 0.1) is 5.41 Å².